The molecule has 5 heteroatoms. The van der Waals surface area contributed by atoms with Gasteiger partial charge in [-0.2, -0.15) is 0 Å². The fourth-order valence-corrected chi connectivity index (χ4v) is 6.34. The molecule has 1 aromatic carbocycles. The van der Waals surface area contributed by atoms with Gasteiger partial charge in [0, 0.05) is 14.9 Å². The number of benzene rings is 1. The minimum Gasteiger partial charge on any atom is -0.473 e. The Morgan fingerprint density at radius 3 is 2.17 bits per heavy atom. The normalized spacial score (nSPS) is 23.0. The Bertz CT molecular complexity index is 715. The van der Waals surface area contributed by atoms with Crippen LogP contribution in [-0.4, -0.2) is 20.8 Å². The van der Waals surface area contributed by atoms with Gasteiger partial charge in [-0.1, -0.05) is 12.1 Å². The van der Waals surface area contributed by atoms with Crippen LogP contribution in [-0.2, 0) is 6.42 Å². The van der Waals surface area contributed by atoms with Gasteiger partial charge in [-0.05, 0) is 78.5 Å². The lowest BCUT2D eigenvalue weighted by Crippen LogP contribution is -2.19. The van der Waals surface area contributed by atoms with Crippen molar-refractivity contribution in [2.45, 2.75) is 43.4 Å². The Morgan fingerprint density at radius 2 is 1.61 bits per heavy atom. The van der Waals surface area contributed by atoms with E-state index in [0.29, 0.717) is 28.1 Å². The van der Waals surface area contributed by atoms with Crippen LogP contribution in [0.25, 0.3) is 6.08 Å². The summed E-state index contributed by atoms with van der Waals surface area (Å²) in [7, 11) is -2.99. The van der Waals surface area contributed by atoms with Crippen LogP contribution in [0.5, 0.6) is 0 Å². The summed E-state index contributed by atoms with van der Waals surface area (Å²) in [6, 6.07) is 5.58. The van der Waals surface area contributed by atoms with Gasteiger partial charge in [-0.3, -0.25) is 0 Å². The molecular weight excluding hydrogens is 312 g/mol. The minimum atomic E-state index is -2.99. The van der Waals surface area contributed by atoms with E-state index in [1.54, 1.807) is 6.07 Å². The van der Waals surface area contributed by atoms with E-state index < -0.39 is 20.6 Å². The topological polar surface area (TPSA) is 74.6 Å². The minimum absolute atomic E-state index is 0.466. The third-order valence-corrected chi connectivity index (χ3v) is 8.24. The molecule has 4 rings (SSSR count). The van der Waals surface area contributed by atoms with Gasteiger partial charge in [0.05, 0.1) is 0 Å². The van der Waals surface area contributed by atoms with Crippen molar-refractivity contribution in [3.63, 3.8) is 0 Å². The highest BCUT2D eigenvalue weighted by Crippen LogP contribution is 2.70. The summed E-state index contributed by atoms with van der Waals surface area (Å²) in [4.78, 5) is 25.4. The first-order chi connectivity index (χ1) is 11.0. The van der Waals surface area contributed by atoms with Crippen molar-refractivity contribution in [2.24, 2.45) is 11.8 Å². The van der Waals surface area contributed by atoms with Crippen LogP contribution in [0.2, 0.25) is 0 Å². The summed E-state index contributed by atoms with van der Waals surface area (Å²) in [6.45, 7) is 0. The highest BCUT2D eigenvalue weighted by molar-refractivity contribution is 8.57. The van der Waals surface area contributed by atoms with Crippen LogP contribution >= 0.6 is 10.0 Å². The fraction of sp³-hybridized carbons (Fsp3) is 0.444. The second-order valence-corrected chi connectivity index (χ2v) is 9.77. The largest absolute Gasteiger partial charge is 0.473 e. The van der Waals surface area contributed by atoms with Crippen LogP contribution in [0.1, 0.15) is 43.2 Å². The first-order valence-electron chi connectivity index (χ1n) is 8.15. The van der Waals surface area contributed by atoms with E-state index >= 15 is 0 Å². The zero-order valence-corrected chi connectivity index (χ0v) is 13.6. The molecule has 1 aliphatic heterocycles. The number of hydrogen-bond acceptors (Lipinski definition) is 2. The standard InChI is InChI=1S/C18H20O4S/c19-17(20)23(18(21)22)14(9-12-6-7-12)10-15-13(8-11-4-5-11)2-1-3-16(15)23/h1-3,10-12H,4-9H2,(H,19,20)(H,21,22). The predicted octanol–water partition coefficient (Wildman–Crippen LogP) is 5.31. The van der Waals surface area contributed by atoms with Gasteiger partial charge in [0.2, 0.25) is 0 Å². The van der Waals surface area contributed by atoms with Crippen LogP contribution in [0.15, 0.2) is 28.0 Å². The third-order valence-electron chi connectivity index (χ3n) is 5.10. The van der Waals surface area contributed by atoms with E-state index in [1.807, 2.05) is 18.2 Å². The van der Waals surface area contributed by atoms with E-state index in [1.165, 1.54) is 12.8 Å². The maximum atomic E-state index is 12.1. The average molecular weight is 332 g/mol. The van der Waals surface area contributed by atoms with E-state index in [0.717, 1.165) is 30.4 Å². The average Bonchev–Trinajstić information content (AvgIpc) is 3.38. The Morgan fingerprint density at radius 1 is 1.00 bits per heavy atom. The van der Waals surface area contributed by atoms with Crippen molar-refractivity contribution in [2.75, 3.05) is 0 Å². The molecule has 23 heavy (non-hydrogen) atoms. The second-order valence-electron chi connectivity index (χ2n) is 6.88. The number of allylic oxidation sites excluding steroid dienone is 1. The molecule has 0 amide bonds. The zero-order chi connectivity index (χ0) is 16.2. The predicted molar refractivity (Wildman–Crippen MR) is 90.1 cm³/mol. The van der Waals surface area contributed by atoms with Crippen molar-refractivity contribution in [1.82, 2.24) is 0 Å². The Labute approximate surface area is 136 Å². The van der Waals surface area contributed by atoms with Crippen molar-refractivity contribution < 1.29 is 19.8 Å². The summed E-state index contributed by atoms with van der Waals surface area (Å²) >= 11 is 0. The Balaban J connectivity index is 1.86. The first kappa shape index (κ1) is 14.8. The van der Waals surface area contributed by atoms with Crippen LogP contribution in [0.3, 0.4) is 0 Å². The van der Waals surface area contributed by atoms with Crippen LogP contribution in [0.4, 0.5) is 9.59 Å². The van der Waals surface area contributed by atoms with Gasteiger partial charge in [0.1, 0.15) is 0 Å². The number of hydrogen-bond donors (Lipinski definition) is 2. The SMILES string of the molecule is O=C(O)S1(C(=O)O)C(CC2CC2)=Cc2c(CC3CC3)cccc21. The smallest absolute Gasteiger partial charge is 0.365 e. The molecule has 1 aromatic rings. The van der Waals surface area contributed by atoms with Crippen LogP contribution in [0, 0.1) is 11.8 Å². The van der Waals surface area contributed by atoms with Crippen molar-refractivity contribution in [1.29, 1.82) is 0 Å². The molecule has 1 heterocycles. The van der Waals surface area contributed by atoms with Crippen molar-refractivity contribution in [3.05, 3.63) is 34.2 Å². The molecule has 0 spiro atoms. The van der Waals surface area contributed by atoms with E-state index in [4.69, 9.17) is 0 Å². The number of carboxylic acid groups (broad SMARTS) is 2. The highest BCUT2D eigenvalue weighted by Gasteiger charge is 2.51. The van der Waals surface area contributed by atoms with Gasteiger partial charge < -0.3 is 10.2 Å². The molecule has 3 aliphatic rings. The maximum absolute atomic E-state index is 12.1. The summed E-state index contributed by atoms with van der Waals surface area (Å²) in [6.07, 6.45) is 8.06. The second kappa shape index (κ2) is 5.13. The molecule has 0 unspecified atom stereocenters. The molecule has 0 bridgehead atoms. The Kier molecular flexibility index (Phi) is 3.30. The van der Waals surface area contributed by atoms with E-state index in [9.17, 15) is 19.8 Å². The van der Waals surface area contributed by atoms with E-state index in [2.05, 4.69) is 0 Å². The molecule has 4 nitrogen and oxygen atoms in total. The summed E-state index contributed by atoms with van der Waals surface area (Å²) in [5.74, 6) is 1.15. The lowest BCUT2D eigenvalue weighted by Gasteiger charge is -2.30. The molecule has 0 radical (unpaired) electrons. The van der Waals surface area contributed by atoms with Crippen molar-refractivity contribution in [3.8, 4) is 0 Å². The quantitative estimate of drug-likeness (QED) is 0.783. The van der Waals surface area contributed by atoms with Gasteiger partial charge in [-0.15, -0.1) is 0 Å². The monoisotopic (exact) mass is 332 g/mol. The van der Waals surface area contributed by atoms with Gasteiger partial charge in [0.25, 0.3) is 0 Å². The molecular formula is C18H20O4S. The molecule has 0 saturated heterocycles. The number of rotatable bonds is 4. The van der Waals surface area contributed by atoms with Crippen LogP contribution < -0.4 is 0 Å². The maximum Gasteiger partial charge on any atom is 0.365 e. The zero-order valence-electron chi connectivity index (χ0n) is 12.8. The van der Waals surface area contributed by atoms with Gasteiger partial charge in [0.15, 0.2) is 0 Å². The summed E-state index contributed by atoms with van der Waals surface area (Å²) in [5, 5.41) is 17.4. The highest BCUT2D eigenvalue weighted by atomic mass is 32.3. The lowest BCUT2D eigenvalue weighted by molar-refractivity contribution is 0.215. The summed E-state index contributed by atoms with van der Waals surface area (Å²) < 4.78 is 0. The molecule has 2 N–H and O–H groups in total. The molecule has 0 atom stereocenters. The van der Waals surface area contributed by atoms with Crippen molar-refractivity contribution >= 4 is 26.7 Å². The molecule has 122 valence electrons. The molecule has 2 saturated carbocycles. The molecule has 2 aliphatic carbocycles. The third kappa shape index (κ3) is 2.29. The molecule has 2 fully saturated rings. The van der Waals surface area contributed by atoms with E-state index in [-0.39, 0.29) is 0 Å². The number of carbonyl (C=O) groups is 2. The van der Waals surface area contributed by atoms with Gasteiger partial charge in [-0.25, -0.2) is 9.59 Å². The summed E-state index contributed by atoms with van der Waals surface area (Å²) in [5.41, 5.74) is 2.00. The Hall–Kier alpha value is -1.75. The first-order valence-corrected chi connectivity index (χ1v) is 9.78. The fourth-order valence-electron chi connectivity index (χ4n) is 3.50. The molecule has 0 aromatic heterocycles. The van der Waals surface area contributed by atoms with Gasteiger partial charge >= 0.3 is 10.6 Å². The number of fused-ring (bicyclic) bond motifs is 1. The lowest BCUT2D eigenvalue weighted by atomic mass is 10.0.